The lowest BCUT2D eigenvalue weighted by atomic mass is 9.78. The summed E-state index contributed by atoms with van der Waals surface area (Å²) in [5, 5.41) is 10.5. The highest BCUT2D eigenvalue weighted by Gasteiger charge is 2.48. The lowest BCUT2D eigenvalue weighted by Gasteiger charge is -2.48. The first-order valence-corrected chi connectivity index (χ1v) is 10.1. The maximum Gasteiger partial charge on any atom is 0.233 e. The fraction of sp³-hybridized carbons (Fsp3) is 0.240. The Bertz CT molecular complexity index is 942. The van der Waals surface area contributed by atoms with E-state index in [2.05, 4.69) is 12.1 Å². The van der Waals surface area contributed by atoms with Crippen LogP contribution in [0, 0.1) is 5.92 Å². The van der Waals surface area contributed by atoms with E-state index in [1.165, 1.54) is 0 Å². The highest BCUT2D eigenvalue weighted by molar-refractivity contribution is 6.03. The average Bonchev–Trinajstić information content (AvgIpc) is 2.78. The number of anilines is 1. The Balaban J connectivity index is 1.54. The summed E-state index contributed by atoms with van der Waals surface area (Å²) in [4.78, 5) is 14.9. The lowest BCUT2D eigenvalue weighted by Crippen LogP contribution is -2.55. The van der Waals surface area contributed by atoms with Gasteiger partial charge >= 0.3 is 0 Å². The van der Waals surface area contributed by atoms with Gasteiger partial charge in [0.25, 0.3) is 0 Å². The zero-order chi connectivity index (χ0) is 20.2. The number of hydrogen-bond donors (Lipinski definition) is 2. The Morgan fingerprint density at radius 2 is 1.52 bits per heavy atom. The van der Waals surface area contributed by atoms with Gasteiger partial charge in [-0.1, -0.05) is 72.8 Å². The van der Waals surface area contributed by atoms with E-state index in [0.717, 1.165) is 22.4 Å². The Morgan fingerprint density at radius 1 is 0.897 bits per heavy atom. The molecule has 0 spiro atoms. The summed E-state index contributed by atoms with van der Waals surface area (Å²) >= 11 is 0. The van der Waals surface area contributed by atoms with Gasteiger partial charge in [0.1, 0.15) is 0 Å². The molecule has 148 valence electrons. The van der Waals surface area contributed by atoms with Gasteiger partial charge in [0.2, 0.25) is 5.91 Å². The molecule has 1 fully saturated rings. The van der Waals surface area contributed by atoms with Crippen molar-refractivity contribution in [3.05, 3.63) is 102 Å². The largest absolute Gasteiger partial charge is 0.388 e. The molecule has 29 heavy (non-hydrogen) atoms. The number of amides is 1. The van der Waals surface area contributed by atoms with Gasteiger partial charge in [-0.2, -0.15) is 0 Å². The molecule has 4 nitrogen and oxygen atoms in total. The number of hydrogen-bond acceptors (Lipinski definition) is 3. The molecule has 0 saturated carbocycles. The van der Waals surface area contributed by atoms with E-state index in [4.69, 9.17) is 5.73 Å². The van der Waals surface area contributed by atoms with Crippen molar-refractivity contribution in [2.24, 2.45) is 11.7 Å². The van der Waals surface area contributed by atoms with Crippen molar-refractivity contribution in [2.75, 3.05) is 4.90 Å². The fourth-order valence-corrected chi connectivity index (χ4v) is 4.12. The first-order chi connectivity index (χ1) is 14.2. The van der Waals surface area contributed by atoms with E-state index in [1.54, 1.807) is 0 Å². The minimum atomic E-state index is -0.557. The van der Waals surface area contributed by atoms with Crippen LogP contribution in [0.1, 0.15) is 41.7 Å². The average molecular weight is 386 g/mol. The van der Waals surface area contributed by atoms with Crippen LogP contribution in [-0.2, 0) is 11.3 Å². The van der Waals surface area contributed by atoms with Gasteiger partial charge in [-0.25, -0.2) is 0 Å². The monoisotopic (exact) mass is 386 g/mol. The second kappa shape index (κ2) is 8.60. The minimum Gasteiger partial charge on any atom is -0.388 e. The van der Waals surface area contributed by atoms with E-state index in [-0.39, 0.29) is 17.9 Å². The predicted molar refractivity (Wildman–Crippen MR) is 115 cm³/mol. The molecule has 1 amide bonds. The van der Waals surface area contributed by atoms with Gasteiger partial charge in [-0.15, -0.1) is 0 Å². The third-order valence-corrected chi connectivity index (χ3v) is 5.74. The predicted octanol–water partition coefficient (Wildman–Crippen LogP) is 4.36. The standard InChI is InChI=1S/C25H26N2O2/c26-17-18-11-13-21(14-12-18)27-24(20-9-5-2-6-10-20)22(25(27)29)15-16-23(28)19-7-3-1-4-8-19/h1-14,22-24,28H,15-17,26H2. The van der Waals surface area contributed by atoms with Crippen molar-refractivity contribution >= 4 is 11.6 Å². The zero-order valence-electron chi connectivity index (χ0n) is 16.3. The Hall–Kier alpha value is -2.95. The highest BCUT2D eigenvalue weighted by atomic mass is 16.3. The van der Waals surface area contributed by atoms with Crippen molar-refractivity contribution < 1.29 is 9.90 Å². The van der Waals surface area contributed by atoms with Crippen LogP contribution in [0.15, 0.2) is 84.9 Å². The molecule has 3 aromatic carbocycles. The normalized spacial score (nSPS) is 19.7. The molecule has 0 aliphatic carbocycles. The summed E-state index contributed by atoms with van der Waals surface area (Å²) in [6, 6.07) is 27.6. The van der Waals surface area contributed by atoms with Crippen LogP contribution in [0.5, 0.6) is 0 Å². The molecule has 4 heteroatoms. The summed E-state index contributed by atoms with van der Waals surface area (Å²) in [6.07, 6.45) is 0.647. The van der Waals surface area contributed by atoms with Gasteiger partial charge in [-0.3, -0.25) is 4.79 Å². The molecule has 1 saturated heterocycles. The molecule has 3 N–H and O–H groups in total. The van der Waals surface area contributed by atoms with Crippen molar-refractivity contribution in [3.8, 4) is 0 Å². The molecule has 3 aromatic rings. The van der Waals surface area contributed by atoms with Crippen LogP contribution in [0.2, 0.25) is 0 Å². The molecule has 3 atom stereocenters. The second-order valence-corrected chi connectivity index (χ2v) is 7.54. The Labute approximate surface area is 171 Å². The molecule has 1 aliphatic heterocycles. The van der Waals surface area contributed by atoms with Crippen molar-refractivity contribution in [2.45, 2.75) is 31.5 Å². The van der Waals surface area contributed by atoms with Crippen LogP contribution in [-0.4, -0.2) is 11.0 Å². The van der Waals surface area contributed by atoms with Crippen LogP contribution in [0.25, 0.3) is 0 Å². The van der Waals surface area contributed by atoms with Gasteiger partial charge in [0, 0.05) is 12.2 Å². The highest BCUT2D eigenvalue weighted by Crippen LogP contribution is 2.46. The molecule has 3 unspecified atom stereocenters. The maximum atomic E-state index is 13.1. The first kappa shape index (κ1) is 19.4. The van der Waals surface area contributed by atoms with Crippen molar-refractivity contribution in [1.29, 1.82) is 0 Å². The van der Waals surface area contributed by atoms with E-state index in [1.807, 2.05) is 77.7 Å². The zero-order valence-corrected chi connectivity index (χ0v) is 16.3. The smallest absolute Gasteiger partial charge is 0.233 e. The molecule has 1 heterocycles. The summed E-state index contributed by atoms with van der Waals surface area (Å²) in [5.41, 5.74) is 9.65. The van der Waals surface area contributed by atoms with E-state index in [0.29, 0.717) is 19.4 Å². The summed E-state index contributed by atoms with van der Waals surface area (Å²) in [5.74, 6) is -0.0236. The molecule has 0 radical (unpaired) electrons. The number of aliphatic hydroxyl groups excluding tert-OH is 1. The quantitative estimate of drug-likeness (QED) is 0.593. The number of carbonyl (C=O) groups is 1. The number of carbonyl (C=O) groups excluding carboxylic acids is 1. The summed E-state index contributed by atoms with van der Waals surface area (Å²) in [6.45, 7) is 0.482. The number of nitrogens with two attached hydrogens (primary N) is 1. The SMILES string of the molecule is NCc1ccc(N2C(=O)C(CCC(O)c3ccccc3)C2c2ccccc2)cc1. The van der Waals surface area contributed by atoms with Crippen LogP contribution >= 0.6 is 0 Å². The number of benzene rings is 3. The Kier molecular flexibility index (Phi) is 5.74. The maximum absolute atomic E-state index is 13.1. The number of nitrogens with zero attached hydrogens (tertiary/aromatic N) is 1. The Morgan fingerprint density at radius 3 is 2.14 bits per heavy atom. The molecule has 0 aromatic heterocycles. The number of β-lactam (4-membered cyclic amide) rings is 1. The topological polar surface area (TPSA) is 66.6 Å². The summed E-state index contributed by atoms with van der Waals surface area (Å²) < 4.78 is 0. The second-order valence-electron chi connectivity index (χ2n) is 7.54. The van der Waals surface area contributed by atoms with Gasteiger partial charge in [0.15, 0.2) is 0 Å². The van der Waals surface area contributed by atoms with E-state index < -0.39 is 6.10 Å². The molecule has 4 rings (SSSR count). The molecule has 0 bridgehead atoms. The summed E-state index contributed by atoms with van der Waals surface area (Å²) in [7, 11) is 0. The first-order valence-electron chi connectivity index (χ1n) is 10.1. The van der Waals surface area contributed by atoms with Gasteiger partial charge < -0.3 is 15.7 Å². The van der Waals surface area contributed by atoms with Crippen LogP contribution in [0.4, 0.5) is 5.69 Å². The third kappa shape index (κ3) is 3.95. The van der Waals surface area contributed by atoms with Crippen molar-refractivity contribution in [1.82, 2.24) is 0 Å². The molecular formula is C25H26N2O2. The number of rotatable bonds is 7. The van der Waals surface area contributed by atoms with Crippen molar-refractivity contribution in [3.63, 3.8) is 0 Å². The van der Waals surface area contributed by atoms with E-state index >= 15 is 0 Å². The van der Waals surface area contributed by atoms with Gasteiger partial charge in [-0.05, 0) is 41.7 Å². The van der Waals surface area contributed by atoms with Crippen LogP contribution < -0.4 is 10.6 Å². The van der Waals surface area contributed by atoms with Crippen LogP contribution in [0.3, 0.4) is 0 Å². The number of aliphatic hydroxyl groups is 1. The third-order valence-electron chi connectivity index (χ3n) is 5.74. The fourth-order valence-electron chi connectivity index (χ4n) is 4.12. The molecular weight excluding hydrogens is 360 g/mol. The van der Waals surface area contributed by atoms with Gasteiger partial charge in [0.05, 0.1) is 18.1 Å². The molecule has 1 aliphatic rings. The minimum absolute atomic E-state index is 0.0181. The van der Waals surface area contributed by atoms with E-state index in [9.17, 15) is 9.90 Å². The lowest BCUT2D eigenvalue weighted by molar-refractivity contribution is -0.131.